The Balaban J connectivity index is 1.42. The second-order valence-electron chi connectivity index (χ2n) is 7.83. The van der Waals surface area contributed by atoms with Crippen LogP contribution in [0.1, 0.15) is 11.1 Å². The van der Waals surface area contributed by atoms with E-state index in [4.69, 9.17) is 31.5 Å². The molecule has 2 aliphatic heterocycles. The molecule has 0 bridgehead atoms. The van der Waals surface area contributed by atoms with Gasteiger partial charge in [-0.1, -0.05) is 36.1 Å². The minimum atomic E-state index is -0.319. The van der Waals surface area contributed by atoms with E-state index in [1.54, 1.807) is 30.5 Å². The number of aromatic nitrogens is 2. The lowest BCUT2D eigenvalue weighted by atomic mass is 10.2. The summed E-state index contributed by atoms with van der Waals surface area (Å²) < 4.78 is 17.9. The Kier molecular flexibility index (Phi) is 7.18. The van der Waals surface area contributed by atoms with Crippen LogP contribution in [0.2, 0.25) is 0 Å². The molecule has 2 N–H and O–H groups in total. The minimum Gasteiger partial charge on any atom is -0.454 e. The molecule has 2 aliphatic rings. The summed E-state index contributed by atoms with van der Waals surface area (Å²) in [6.45, 7) is 1.25. The number of pyridine rings is 1. The largest absolute Gasteiger partial charge is 0.454 e. The second-order valence-corrected chi connectivity index (χ2v) is 9.50. The quantitative estimate of drug-likeness (QED) is 0.244. The predicted octanol–water partition coefficient (Wildman–Crippen LogP) is 2.25. The van der Waals surface area contributed by atoms with E-state index in [0.717, 1.165) is 17.3 Å². The molecule has 1 aromatic carbocycles. The topological polar surface area (TPSA) is 115 Å². The maximum absolute atomic E-state index is 13.3. The van der Waals surface area contributed by atoms with E-state index < -0.39 is 0 Å². The Morgan fingerprint density at radius 3 is 2.92 bits per heavy atom. The van der Waals surface area contributed by atoms with Crippen molar-refractivity contribution in [3.8, 4) is 11.5 Å². The first kappa shape index (κ1) is 24.3. The van der Waals surface area contributed by atoms with Crippen molar-refractivity contribution in [2.45, 2.75) is 6.54 Å². The van der Waals surface area contributed by atoms with Gasteiger partial charge in [-0.15, -0.1) is 0 Å². The van der Waals surface area contributed by atoms with Crippen molar-refractivity contribution in [1.29, 1.82) is 0 Å². The van der Waals surface area contributed by atoms with Crippen molar-refractivity contribution in [3.05, 3.63) is 69.0 Å². The van der Waals surface area contributed by atoms with Crippen molar-refractivity contribution < 1.29 is 24.1 Å². The first-order chi connectivity index (χ1) is 17.5. The predicted molar refractivity (Wildman–Crippen MR) is 139 cm³/mol. The van der Waals surface area contributed by atoms with Gasteiger partial charge in [-0.25, -0.2) is 4.98 Å². The molecule has 4 heterocycles. The Labute approximate surface area is 215 Å². The number of carbonyl (C=O) groups excluding carboxylic acids is 1. The first-order valence-electron chi connectivity index (χ1n) is 11.1. The van der Waals surface area contributed by atoms with Gasteiger partial charge in [-0.2, -0.15) is 0 Å². The van der Waals surface area contributed by atoms with Gasteiger partial charge in [0.1, 0.15) is 15.8 Å². The molecule has 5 rings (SSSR count). The smallest absolute Gasteiger partial charge is 0.267 e. The molecule has 0 spiro atoms. The van der Waals surface area contributed by atoms with Gasteiger partial charge < -0.3 is 24.6 Å². The fourth-order valence-corrected chi connectivity index (χ4v) is 5.00. The fourth-order valence-electron chi connectivity index (χ4n) is 3.77. The van der Waals surface area contributed by atoms with Gasteiger partial charge in [0.25, 0.3) is 11.5 Å². The van der Waals surface area contributed by atoms with Gasteiger partial charge in [-0.3, -0.25) is 18.9 Å². The molecule has 0 unspecified atom stereocenters. The van der Waals surface area contributed by atoms with Crippen LogP contribution in [-0.4, -0.2) is 62.8 Å². The van der Waals surface area contributed by atoms with Gasteiger partial charge in [0.15, 0.2) is 11.5 Å². The summed E-state index contributed by atoms with van der Waals surface area (Å²) in [4.78, 5) is 33.0. The van der Waals surface area contributed by atoms with Gasteiger partial charge in [0.05, 0.1) is 36.8 Å². The van der Waals surface area contributed by atoms with Crippen molar-refractivity contribution >= 4 is 51.7 Å². The molecule has 1 amide bonds. The number of thioether (sulfide) groups is 1. The highest BCUT2D eigenvalue weighted by atomic mass is 32.2. The number of benzene rings is 1. The molecule has 1 saturated heterocycles. The number of nitrogens with one attached hydrogen (secondary N) is 1. The van der Waals surface area contributed by atoms with Gasteiger partial charge in [0.2, 0.25) is 6.79 Å². The van der Waals surface area contributed by atoms with Crippen LogP contribution in [0.15, 0.2) is 52.3 Å². The number of nitrogens with zero attached hydrogens (tertiary/aromatic N) is 3. The molecule has 12 heteroatoms. The Bertz CT molecular complexity index is 1420. The van der Waals surface area contributed by atoms with Crippen LogP contribution in [0.25, 0.3) is 11.7 Å². The molecule has 186 valence electrons. The summed E-state index contributed by atoms with van der Waals surface area (Å²) in [5.74, 6) is 1.33. The molecule has 0 saturated carbocycles. The number of amides is 1. The number of anilines is 1. The first-order valence-corrected chi connectivity index (χ1v) is 12.4. The highest BCUT2D eigenvalue weighted by Crippen LogP contribution is 2.36. The summed E-state index contributed by atoms with van der Waals surface area (Å²) in [6, 6.07) is 10.7. The molecule has 2 aromatic heterocycles. The fraction of sp³-hybridized carbons (Fsp3) is 0.250. The number of ether oxygens (including phenoxy) is 3. The zero-order valence-electron chi connectivity index (χ0n) is 19.0. The summed E-state index contributed by atoms with van der Waals surface area (Å²) in [5.41, 5.74) is 1.23. The molecular weight excluding hydrogens is 504 g/mol. The molecular formula is C24H22N4O6S2. The Morgan fingerprint density at radius 1 is 1.19 bits per heavy atom. The lowest BCUT2D eigenvalue weighted by molar-refractivity contribution is -0.122. The van der Waals surface area contributed by atoms with Crippen molar-refractivity contribution in [3.63, 3.8) is 0 Å². The van der Waals surface area contributed by atoms with Crippen molar-refractivity contribution in [2.75, 3.05) is 38.5 Å². The summed E-state index contributed by atoms with van der Waals surface area (Å²) in [6.07, 6.45) is 3.16. The van der Waals surface area contributed by atoms with E-state index in [2.05, 4.69) is 10.3 Å². The highest BCUT2D eigenvalue weighted by molar-refractivity contribution is 8.26. The highest BCUT2D eigenvalue weighted by Gasteiger charge is 2.33. The minimum absolute atomic E-state index is 0.0745. The standard InChI is InChI=1S/C24H22N4O6S2/c29-8-10-32-9-6-25-21-16(22(30)27-7-2-1-3-20(27)26-21)12-19-23(31)28(24(35)36-19)13-15-4-5-17-18(11-15)34-14-33-17/h1-5,7,11-12,25,29H,6,8-10,13-14H2/b19-12+. The van der Waals surface area contributed by atoms with Crippen LogP contribution in [0, 0.1) is 0 Å². The van der Waals surface area contributed by atoms with Gasteiger partial charge in [0, 0.05) is 12.7 Å². The van der Waals surface area contributed by atoms with E-state index in [0.29, 0.717) is 45.3 Å². The van der Waals surface area contributed by atoms with E-state index in [9.17, 15) is 9.59 Å². The Morgan fingerprint density at radius 2 is 2.06 bits per heavy atom. The number of aliphatic hydroxyl groups is 1. The molecule has 0 atom stereocenters. The monoisotopic (exact) mass is 526 g/mol. The molecule has 0 aliphatic carbocycles. The van der Waals surface area contributed by atoms with E-state index in [-0.39, 0.29) is 43.6 Å². The number of rotatable bonds is 9. The van der Waals surface area contributed by atoms with Crippen LogP contribution >= 0.6 is 24.0 Å². The SMILES string of the molecule is O=C1/C(=C\c2c(NCCOCCO)nc3ccccn3c2=O)SC(=S)N1Cc1ccc2c(c1)OCO2. The number of carbonyl (C=O) groups is 1. The molecule has 3 aromatic rings. The summed E-state index contributed by atoms with van der Waals surface area (Å²) >= 11 is 6.62. The maximum Gasteiger partial charge on any atom is 0.267 e. The average molecular weight is 527 g/mol. The zero-order chi connectivity index (χ0) is 25.1. The van der Waals surface area contributed by atoms with E-state index >= 15 is 0 Å². The lowest BCUT2D eigenvalue weighted by Crippen LogP contribution is -2.27. The molecule has 36 heavy (non-hydrogen) atoms. The summed E-state index contributed by atoms with van der Waals surface area (Å²) in [5, 5.41) is 12.0. The maximum atomic E-state index is 13.3. The summed E-state index contributed by atoms with van der Waals surface area (Å²) in [7, 11) is 0. The van der Waals surface area contributed by atoms with Crippen molar-refractivity contribution in [1.82, 2.24) is 14.3 Å². The molecule has 1 fully saturated rings. The number of hydrogen-bond acceptors (Lipinski definition) is 10. The number of fused-ring (bicyclic) bond motifs is 2. The van der Waals surface area contributed by atoms with Gasteiger partial charge in [-0.05, 0) is 35.9 Å². The number of hydrogen-bond donors (Lipinski definition) is 2. The second kappa shape index (κ2) is 10.7. The van der Waals surface area contributed by atoms with Crippen LogP contribution in [0.3, 0.4) is 0 Å². The third-order valence-electron chi connectivity index (χ3n) is 5.47. The van der Waals surface area contributed by atoms with Gasteiger partial charge >= 0.3 is 0 Å². The third kappa shape index (κ3) is 4.93. The van der Waals surface area contributed by atoms with E-state index in [1.165, 1.54) is 15.4 Å². The number of aliphatic hydroxyl groups excluding tert-OH is 1. The van der Waals surface area contributed by atoms with E-state index in [1.807, 2.05) is 12.1 Å². The van der Waals surface area contributed by atoms with Crippen LogP contribution < -0.4 is 20.3 Å². The van der Waals surface area contributed by atoms with Crippen LogP contribution in [0.5, 0.6) is 11.5 Å². The third-order valence-corrected chi connectivity index (χ3v) is 6.85. The molecule has 10 nitrogen and oxygen atoms in total. The molecule has 0 radical (unpaired) electrons. The average Bonchev–Trinajstić information content (AvgIpc) is 3.45. The lowest BCUT2D eigenvalue weighted by Gasteiger charge is -2.15. The van der Waals surface area contributed by atoms with Crippen molar-refractivity contribution in [2.24, 2.45) is 0 Å². The van der Waals surface area contributed by atoms with Crippen LogP contribution in [0.4, 0.5) is 5.82 Å². The van der Waals surface area contributed by atoms with Crippen LogP contribution in [-0.2, 0) is 16.1 Å². The Hall–Kier alpha value is -3.45. The zero-order valence-corrected chi connectivity index (χ0v) is 20.6. The number of thiocarbonyl (C=S) groups is 1. The normalized spacial score (nSPS) is 15.9.